The zero-order valence-electron chi connectivity index (χ0n) is 12.1. The molecule has 0 radical (unpaired) electrons. The van der Waals surface area contributed by atoms with E-state index in [1.54, 1.807) is 6.20 Å². The molecule has 1 aliphatic heterocycles. The van der Waals surface area contributed by atoms with E-state index in [1.807, 2.05) is 18.2 Å². The van der Waals surface area contributed by atoms with Gasteiger partial charge in [-0.25, -0.2) is 4.98 Å². The van der Waals surface area contributed by atoms with Crippen LogP contribution in [-0.2, 0) is 4.74 Å². The number of halogens is 1. The highest BCUT2D eigenvalue weighted by molar-refractivity contribution is 9.10. The maximum Gasteiger partial charge on any atom is 0.212 e. The van der Waals surface area contributed by atoms with Crippen molar-refractivity contribution in [1.82, 2.24) is 20.2 Å². The molecule has 4 rings (SSSR count). The molecule has 0 saturated carbocycles. The van der Waals surface area contributed by atoms with Crippen LogP contribution in [0.1, 0.15) is 0 Å². The molecule has 9 heteroatoms. The van der Waals surface area contributed by atoms with Crippen molar-refractivity contribution in [2.45, 2.75) is 0 Å². The zero-order valence-corrected chi connectivity index (χ0v) is 14.5. The van der Waals surface area contributed by atoms with Crippen LogP contribution in [0.2, 0.25) is 0 Å². The van der Waals surface area contributed by atoms with Gasteiger partial charge in [0.05, 0.1) is 24.2 Å². The van der Waals surface area contributed by atoms with E-state index in [0.717, 1.165) is 57.9 Å². The molecule has 118 valence electrons. The number of rotatable bonds is 3. The van der Waals surface area contributed by atoms with Crippen molar-refractivity contribution >= 4 is 54.4 Å². The van der Waals surface area contributed by atoms with Gasteiger partial charge in [-0.3, -0.25) is 4.98 Å². The Labute approximate surface area is 144 Å². The number of hydrogen-bond acceptors (Lipinski definition) is 8. The normalized spacial score (nSPS) is 15.1. The fourth-order valence-corrected chi connectivity index (χ4v) is 3.43. The summed E-state index contributed by atoms with van der Waals surface area (Å²) in [6, 6.07) is 5.76. The molecule has 4 heterocycles. The summed E-state index contributed by atoms with van der Waals surface area (Å²) in [5.41, 5.74) is 1.67. The highest BCUT2D eigenvalue weighted by atomic mass is 79.9. The van der Waals surface area contributed by atoms with Gasteiger partial charge in [0.25, 0.3) is 0 Å². The second-order valence-electron chi connectivity index (χ2n) is 5.00. The number of fused-ring (bicyclic) bond motifs is 1. The Kier molecular flexibility index (Phi) is 4.06. The number of nitrogens with zero attached hydrogens (tertiary/aromatic N) is 5. The molecule has 0 aliphatic carbocycles. The van der Waals surface area contributed by atoms with Crippen LogP contribution in [0.5, 0.6) is 0 Å². The monoisotopic (exact) mass is 392 g/mol. The van der Waals surface area contributed by atoms with Gasteiger partial charge in [-0.05, 0) is 34.1 Å². The number of morpholine rings is 1. The lowest BCUT2D eigenvalue weighted by Crippen LogP contribution is -2.36. The molecule has 0 unspecified atom stereocenters. The SMILES string of the molecule is Brc1cnc2ccc(Nc3nnc(N4CCOCC4)s3)nc2c1. The fourth-order valence-electron chi connectivity index (χ4n) is 2.31. The minimum absolute atomic E-state index is 0.723. The number of aromatic nitrogens is 4. The van der Waals surface area contributed by atoms with Gasteiger partial charge in [-0.1, -0.05) is 11.3 Å². The molecule has 0 atom stereocenters. The lowest BCUT2D eigenvalue weighted by atomic mass is 10.3. The molecule has 1 N–H and O–H groups in total. The Morgan fingerprint density at radius 2 is 2.04 bits per heavy atom. The molecule has 7 nitrogen and oxygen atoms in total. The lowest BCUT2D eigenvalue weighted by Gasteiger charge is -2.25. The quantitative estimate of drug-likeness (QED) is 0.733. The van der Waals surface area contributed by atoms with Crippen molar-refractivity contribution in [2.75, 3.05) is 36.5 Å². The standard InChI is InChI=1S/C14H13BrN6OS/c15-9-7-11-10(16-8-9)1-2-12(17-11)18-13-19-20-14(23-13)21-3-5-22-6-4-21/h1-2,7-8H,3-6H2,(H,17,18,19). The van der Waals surface area contributed by atoms with E-state index in [-0.39, 0.29) is 0 Å². The van der Waals surface area contributed by atoms with Crippen molar-refractivity contribution in [3.63, 3.8) is 0 Å². The predicted molar refractivity (Wildman–Crippen MR) is 93.5 cm³/mol. The third kappa shape index (κ3) is 3.26. The third-order valence-corrected chi connectivity index (χ3v) is 4.77. The summed E-state index contributed by atoms with van der Waals surface area (Å²) < 4.78 is 6.26. The largest absolute Gasteiger partial charge is 0.378 e. The number of anilines is 3. The first-order valence-corrected chi connectivity index (χ1v) is 8.74. The van der Waals surface area contributed by atoms with Crippen molar-refractivity contribution in [2.24, 2.45) is 0 Å². The van der Waals surface area contributed by atoms with Crippen LogP contribution < -0.4 is 10.2 Å². The number of nitrogens with one attached hydrogen (secondary N) is 1. The van der Waals surface area contributed by atoms with Gasteiger partial charge in [0.2, 0.25) is 10.3 Å². The topological polar surface area (TPSA) is 76.1 Å². The Bertz CT molecular complexity index is 835. The maximum absolute atomic E-state index is 5.35. The van der Waals surface area contributed by atoms with E-state index in [0.29, 0.717) is 0 Å². The van der Waals surface area contributed by atoms with E-state index in [9.17, 15) is 0 Å². The Morgan fingerprint density at radius 3 is 2.91 bits per heavy atom. The summed E-state index contributed by atoms with van der Waals surface area (Å²) in [7, 11) is 0. The van der Waals surface area contributed by atoms with Crippen molar-refractivity contribution in [3.05, 3.63) is 28.9 Å². The van der Waals surface area contributed by atoms with Gasteiger partial charge in [-0.15, -0.1) is 10.2 Å². The molecule has 1 saturated heterocycles. The molecule has 1 fully saturated rings. The van der Waals surface area contributed by atoms with Crippen LogP contribution in [0.4, 0.5) is 16.1 Å². The van der Waals surface area contributed by atoms with Gasteiger partial charge in [0.1, 0.15) is 5.82 Å². The van der Waals surface area contributed by atoms with Gasteiger partial charge < -0.3 is 15.0 Å². The molecule has 0 aromatic carbocycles. The van der Waals surface area contributed by atoms with E-state index in [4.69, 9.17) is 4.74 Å². The highest BCUT2D eigenvalue weighted by Gasteiger charge is 2.16. The van der Waals surface area contributed by atoms with Gasteiger partial charge >= 0.3 is 0 Å². The van der Waals surface area contributed by atoms with Gasteiger partial charge in [0.15, 0.2) is 0 Å². The van der Waals surface area contributed by atoms with Crippen LogP contribution in [0, 0.1) is 0 Å². The molecule has 0 amide bonds. The summed E-state index contributed by atoms with van der Waals surface area (Å²) in [5.74, 6) is 0.724. The third-order valence-electron chi connectivity index (χ3n) is 3.43. The van der Waals surface area contributed by atoms with Crippen LogP contribution in [0.25, 0.3) is 11.0 Å². The van der Waals surface area contributed by atoms with E-state index < -0.39 is 0 Å². The summed E-state index contributed by atoms with van der Waals surface area (Å²) in [5, 5.41) is 13.3. The lowest BCUT2D eigenvalue weighted by molar-refractivity contribution is 0.122. The molecule has 1 aliphatic rings. The molecule has 0 spiro atoms. The molecular weight excluding hydrogens is 380 g/mol. The van der Waals surface area contributed by atoms with Gasteiger partial charge in [0, 0.05) is 23.8 Å². The van der Waals surface area contributed by atoms with E-state index >= 15 is 0 Å². The van der Waals surface area contributed by atoms with E-state index in [1.165, 1.54) is 11.3 Å². The smallest absolute Gasteiger partial charge is 0.212 e. The van der Waals surface area contributed by atoms with Crippen molar-refractivity contribution in [3.8, 4) is 0 Å². The summed E-state index contributed by atoms with van der Waals surface area (Å²) in [6.45, 7) is 3.16. The van der Waals surface area contributed by atoms with Crippen LogP contribution in [-0.4, -0.2) is 46.5 Å². The second kappa shape index (κ2) is 6.34. The number of hydrogen-bond donors (Lipinski definition) is 1. The molecule has 23 heavy (non-hydrogen) atoms. The summed E-state index contributed by atoms with van der Waals surface area (Å²) in [6.07, 6.45) is 1.76. The Hall–Kier alpha value is -1.84. The van der Waals surface area contributed by atoms with Crippen LogP contribution >= 0.6 is 27.3 Å². The maximum atomic E-state index is 5.35. The minimum atomic E-state index is 0.723. The van der Waals surface area contributed by atoms with Crippen LogP contribution in [0.15, 0.2) is 28.9 Å². The molecule has 3 aromatic rings. The minimum Gasteiger partial charge on any atom is -0.378 e. The Morgan fingerprint density at radius 1 is 1.17 bits per heavy atom. The second-order valence-corrected chi connectivity index (χ2v) is 6.87. The van der Waals surface area contributed by atoms with Gasteiger partial charge in [-0.2, -0.15) is 0 Å². The number of pyridine rings is 2. The first-order chi connectivity index (χ1) is 11.3. The first kappa shape index (κ1) is 14.7. The fraction of sp³-hybridized carbons (Fsp3) is 0.286. The number of ether oxygens (including phenoxy) is 1. The molecule has 3 aromatic heterocycles. The summed E-state index contributed by atoms with van der Waals surface area (Å²) >= 11 is 4.93. The van der Waals surface area contributed by atoms with E-state index in [2.05, 4.69) is 46.3 Å². The van der Waals surface area contributed by atoms with Crippen LogP contribution in [0.3, 0.4) is 0 Å². The summed E-state index contributed by atoms with van der Waals surface area (Å²) in [4.78, 5) is 11.0. The predicted octanol–water partition coefficient (Wildman–Crippen LogP) is 2.82. The average molecular weight is 393 g/mol. The molecular formula is C14H13BrN6OS. The first-order valence-electron chi connectivity index (χ1n) is 7.13. The highest BCUT2D eigenvalue weighted by Crippen LogP contribution is 2.27. The average Bonchev–Trinajstić information content (AvgIpc) is 3.04. The van der Waals surface area contributed by atoms with Crippen molar-refractivity contribution in [1.29, 1.82) is 0 Å². The van der Waals surface area contributed by atoms with Crippen molar-refractivity contribution < 1.29 is 4.74 Å². The molecule has 0 bridgehead atoms. The zero-order chi connectivity index (χ0) is 15.6. The Balaban J connectivity index is 1.54.